The third-order valence-electron chi connectivity index (χ3n) is 4.83. The van der Waals surface area contributed by atoms with Gasteiger partial charge in [-0.2, -0.15) is 0 Å². The average Bonchev–Trinajstić information content (AvgIpc) is 2.84. The first-order valence-electron chi connectivity index (χ1n) is 8.69. The number of fused-ring (bicyclic) bond motifs is 1. The van der Waals surface area contributed by atoms with E-state index < -0.39 is 0 Å². The molecule has 1 saturated carbocycles. The minimum atomic E-state index is -0.141. The maximum atomic E-state index is 12.7. The van der Waals surface area contributed by atoms with Gasteiger partial charge < -0.3 is 0 Å². The number of unbranched alkanes of at least 4 members (excludes halogenated alkanes) is 2. The number of rotatable bonds is 3. The lowest BCUT2D eigenvalue weighted by molar-refractivity contribution is 0.0511. The number of carbonyl (C=O) groups is 2. The maximum Gasteiger partial charge on any atom is 0.261 e. The minimum absolute atomic E-state index is 0.0646. The number of benzene rings is 1. The van der Waals surface area contributed by atoms with Crippen molar-refractivity contribution in [3.8, 4) is 11.8 Å². The molecule has 1 aromatic rings. The van der Waals surface area contributed by atoms with Gasteiger partial charge >= 0.3 is 0 Å². The quantitative estimate of drug-likeness (QED) is 0.480. The lowest BCUT2D eigenvalue weighted by Crippen LogP contribution is -2.45. The molecule has 23 heavy (non-hydrogen) atoms. The highest BCUT2D eigenvalue weighted by atomic mass is 16.2. The van der Waals surface area contributed by atoms with Gasteiger partial charge in [0.25, 0.3) is 11.8 Å². The second kappa shape index (κ2) is 7.00. The molecule has 2 aliphatic rings. The molecule has 3 rings (SSSR count). The molecule has 0 spiro atoms. The smallest absolute Gasteiger partial charge is 0.261 e. The minimum Gasteiger partial charge on any atom is -0.270 e. The van der Waals surface area contributed by atoms with Gasteiger partial charge in [-0.05, 0) is 31.4 Å². The van der Waals surface area contributed by atoms with Gasteiger partial charge in [-0.1, -0.05) is 44.2 Å². The summed E-state index contributed by atoms with van der Waals surface area (Å²) in [5.41, 5.74) is 1.08. The molecule has 0 N–H and O–H groups in total. The molecular weight excluding hydrogens is 286 g/mol. The second-order valence-corrected chi connectivity index (χ2v) is 6.41. The highest BCUT2D eigenvalue weighted by Gasteiger charge is 2.42. The fraction of sp³-hybridized carbons (Fsp3) is 0.500. The van der Waals surface area contributed by atoms with E-state index in [4.69, 9.17) is 0 Å². The SMILES string of the molecule is CCCCC#C[C@H]1CCCC[C@@H]1N1C(=O)c2ccccc2C1=O. The molecule has 0 unspecified atom stereocenters. The summed E-state index contributed by atoms with van der Waals surface area (Å²) in [5.74, 6) is 6.46. The highest BCUT2D eigenvalue weighted by Crippen LogP contribution is 2.34. The Morgan fingerprint density at radius 3 is 2.39 bits per heavy atom. The summed E-state index contributed by atoms with van der Waals surface area (Å²) in [6, 6.07) is 7.07. The van der Waals surface area contributed by atoms with E-state index in [0.29, 0.717) is 11.1 Å². The lowest BCUT2D eigenvalue weighted by atomic mass is 9.83. The van der Waals surface area contributed by atoms with Gasteiger partial charge in [-0.25, -0.2) is 0 Å². The van der Waals surface area contributed by atoms with Crippen LogP contribution in [0.15, 0.2) is 24.3 Å². The summed E-state index contributed by atoms with van der Waals surface area (Å²) in [6.45, 7) is 2.16. The van der Waals surface area contributed by atoms with E-state index in [0.717, 1.165) is 44.9 Å². The van der Waals surface area contributed by atoms with Crippen molar-refractivity contribution in [2.45, 2.75) is 57.9 Å². The predicted molar refractivity (Wildman–Crippen MR) is 90.0 cm³/mol. The monoisotopic (exact) mass is 309 g/mol. The Kier molecular flexibility index (Phi) is 4.81. The van der Waals surface area contributed by atoms with E-state index in [1.165, 1.54) is 4.90 Å². The van der Waals surface area contributed by atoms with Crippen molar-refractivity contribution < 1.29 is 9.59 Å². The highest BCUT2D eigenvalue weighted by molar-refractivity contribution is 6.21. The van der Waals surface area contributed by atoms with Gasteiger partial charge in [-0.15, -0.1) is 5.92 Å². The molecule has 1 aliphatic heterocycles. The van der Waals surface area contributed by atoms with Gasteiger partial charge in [0.15, 0.2) is 0 Å². The second-order valence-electron chi connectivity index (χ2n) is 6.41. The molecule has 0 bridgehead atoms. The van der Waals surface area contributed by atoms with Crippen molar-refractivity contribution >= 4 is 11.8 Å². The summed E-state index contributed by atoms with van der Waals surface area (Å²) in [7, 11) is 0. The number of carbonyl (C=O) groups excluding carboxylic acids is 2. The van der Waals surface area contributed by atoms with Gasteiger partial charge in [0.2, 0.25) is 0 Å². The number of hydrogen-bond acceptors (Lipinski definition) is 2. The van der Waals surface area contributed by atoms with Crippen LogP contribution in [0.25, 0.3) is 0 Å². The van der Waals surface area contributed by atoms with Gasteiger partial charge in [0.05, 0.1) is 17.2 Å². The summed E-state index contributed by atoms with van der Waals surface area (Å²) in [4.78, 5) is 26.9. The molecule has 3 nitrogen and oxygen atoms in total. The van der Waals surface area contributed by atoms with E-state index in [2.05, 4.69) is 18.8 Å². The summed E-state index contributed by atoms with van der Waals surface area (Å²) in [6.07, 6.45) is 7.20. The Hall–Kier alpha value is -2.08. The first-order valence-corrected chi connectivity index (χ1v) is 8.69. The molecular formula is C20H23NO2. The van der Waals surface area contributed by atoms with Gasteiger partial charge in [0.1, 0.15) is 0 Å². The van der Waals surface area contributed by atoms with Crippen LogP contribution in [0.3, 0.4) is 0 Å². The van der Waals surface area contributed by atoms with Crippen molar-refractivity contribution in [1.82, 2.24) is 4.90 Å². The fourth-order valence-electron chi connectivity index (χ4n) is 3.57. The van der Waals surface area contributed by atoms with Crippen LogP contribution in [-0.4, -0.2) is 22.8 Å². The van der Waals surface area contributed by atoms with Crippen LogP contribution in [-0.2, 0) is 0 Å². The van der Waals surface area contributed by atoms with E-state index in [9.17, 15) is 9.59 Å². The Labute approximate surface area is 138 Å². The molecule has 120 valence electrons. The molecule has 1 aliphatic carbocycles. The molecule has 0 saturated heterocycles. The molecule has 2 atom stereocenters. The van der Waals surface area contributed by atoms with E-state index in [-0.39, 0.29) is 23.8 Å². The van der Waals surface area contributed by atoms with E-state index in [1.54, 1.807) is 12.1 Å². The maximum absolute atomic E-state index is 12.7. The first kappa shape index (κ1) is 15.8. The van der Waals surface area contributed by atoms with Crippen LogP contribution in [0.4, 0.5) is 0 Å². The van der Waals surface area contributed by atoms with Gasteiger partial charge in [-0.3, -0.25) is 14.5 Å². The summed E-state index contributed by atoms with van der Waals surface area (Å²) < 4.78 is 0. The van der Waals surface area contributed by atoms with Crippen LogP contribution in [0.2, 0.25) is 0 Å². The van der Waals surface area contributed by atoms with Crippen molar-refractivity contribution in [2.75, 3.05) is 0 Å². The number of nitrogens with zero attached hydrogens (tertiary/aromatic N) is 1. The van der Waals surface area contributed by atoms with Gasteiger partial charge in [0, 0.05) is 12.3 Å². The molecule has 3 heteroatoms. The Bertz CT molecular complexity index is 633. The molecule has 2 amide bonds. The van der Waals surface area contributed by atoms with E-state index >= 15 is 0 Å². The molecule has 0 radical (unpaired) electrons. The summed E-state index contributed by atoms with van der Waals surface area (Å²) in [5, 5.41) is 0. The molecule has 1 fully saturated rings. The van der Waals surface area contributed by atoms with Crippen molar-refractivity contribution in [3.05, 3.63) is 35.4 Å². The van der Waals surface area contributed by atoms with Crippen molar-refractivity contribution in [3.63, 3.8) is 0 Å². The molecule has 0 aromatic heterocycles. The standard InChI is InChI=1S/C20H23NO2/c1-2-3-4-5-10-15-11-6-9-14-18(15)21-19(22)16-12-7-8-13-17(16)20(21)23/h7-8,12-13,15,18H,2-4,6,9,11,14H2,1H3/t15-,18-/m0/s1. The molecule has 1 aromatic carbocycles. The number of imide groups is 1. The molecule has 1 heterocycles. The van der Waals surface area contributed by atoms with Crippen LogP contribution >= 0.6 is 0 Å². The summed E-state index contributed by atoms with van der Waals surface area (Å²) >= 11 is 0. The van der Waals surface area contributed by atoms with Crippen LogP contribution in [0.5, 0.6) is 0 Å². The zero-order valence-corrected chi connectivity index (χ0v) is 13.7. The van der Waals surface area contributed by atoms with Crippen LogP contribution in [0, 0.1) is 17.8 Å². The topological polar surface area (TPSA) is 37.4 Å². The number of hydrogen-bond donors (Lipinski definition) is 0. The van der Waals surface area contributed by atoms with Crippen molar-refractivity contribution in [2.24, 2.45) is 5.92 Å². The zero-order valence-electron chi connectivity index (χ0n) is 13.7. The average molecular weight is 309 g/mol. The lowest BCUT2D eigenvalue weighted by Gasteiger charge is -2.34. The Balaban J connectivity index is 1.82. The van der Waals surface area contributed by atoms with Crippen molar-refractivity contribution in [1.29, 1.82) is 0 Å². The fourth-order valence-corrected chi connectivity index (χ4v) is 3.57. The third-order valence-corrected chi connectivity index (χ3v) is 4.83. The van der Waals surface area contributed by atoms with Crippen LogP contribution in [0.1, 0.15) is 72.6 Å². The predicted octanol–water partition coefficient (Wildman–Crippen LogP) is 4.04. The largest absolute Gasteiger partial charge is 0.270 e. The normalized spacial score (nSPS) is 23.4. The first-order chi connectivity index (χ1) is 11.2. The third kappa shape index (κ3) is 3.03. The zero-order chi connectivity index (χ0) is 16.2. The number of amides is 2. The van der Waals surface area contributed by atoms with Crippen LogP contribution < -0.4 is 0 Å². The van der Waals surface area contributed by atoms with E-state index in [1.807, 2.05) is 12.1 Å². The Morgan fingerprint density at radius 1 is 1.09 bits per heavy atom. The Morgan fingerprint density at radius 2 is 1.74 bits per heavy atom.